The van der Waals surface area contributed by atoms with Crippen LogP contribution >= 0.6 is 11.8 Å². The Morgan fingerprint density at radius 1 is 1.58 bits per heavy atom. The topological polar surface area (TPSA) is 45.5 Å². The lowest BCUT2D eigenvalue weighted by molar-refractivity contribution is -0.122. The van der Waals surface area contributed by atoms with E-state index >= 15 is 0 Å². The first kappa shape index (κ1) is 14.5. The fourth-order valence-electron chi connectivity index (χ4n) is 2.68. The molecule has 0 radical (unpaired) electrons. The number of nitrogens with zero attached hydrogens (tertiary/aromatic N) is 1. The summed E-state index contributed by atoms with van der Waals surface area (Å²) >= 11 is 1.92. The minimum absolute atomic E-state index is 0.0608. The van der Waals surface area contributed by atoms with Gasteiger partial charge < -0.3 is 9.73 Å². The average molecular weight is 282 g/mol. The van der Waals surface area contributed by atoms with Crippen LogP contribution in [0.1, 0.15) is 25.0 Å². The number of nitrogens with one attached hydrogen (secondary N) is 1. The van der Waals surface area contributed by atoms with Gasteiger partial charge in [-0.15, -0.1) is 0 Å². The van der Waals surface area contributed by atoms with Gasteiger partial charge in [0.1, 0.15) is 5.76 Å². The molecule has 0 bridgehead atoms. The molecule has 0 saturated heterocycles. The van der Waals surface area contributed by atoms with Crippen molar-refractivity contribution in [2.75, 3.05) is 19.8 Å². The molecule has 0 aliphatic heterocycles. The van der Waals surface area contributed by atoms with Crippen LogP contribution in [0.15, 0.2) is 22.8 Å². The Morgan fingerprint density at radius 3 is 3.11 bits per heavy atom. The highest BCUT2D eigenvalue weighted by atomic mass is 32.2. The van der Waals surface area contributed by atoms with E-state index in [4.69, 9.17) is 4.42 Å². The average Bonchev–Trinajstić information content (AvgIpc) is 3.07. The Morgan fingerprint density at radius 2 is 2.42 bits per heavy atom. The predicted octanol–water partition coefficient (Wildman–Crippen LogP) is 2.11. The molecule has 19 heavy (non-hydrogen) atoms. The number of furan rings is 1. The summed E-state index contributed by atoms with van der Waals surface area (Å²) in [4.78, 5) is 14.1. The van der Waals surface area contributed by atoms with Gasteiger partial charge in [-0.25, -0.2) is 0 Å². The number of hydrogen-bond acceptors (Lipinski definition) is 4. The van der Waals surface area contributed by atoms with Gasteiger partial charge >= 0.3 is 0 Å². The van der Waals surface area contributed by atoms with Gasteiger partial charge in [-0.1, -0.05) is 6.42 Å². The molecule has 0 aromatic carbocycles. The maximum Gasteiger partial charge on any atom is 0.234 e. The maximum absolute atomic E-state index is 11.9. The molecule has 1 amide bonds. The van der Waals surface area contributed by atoms with Crippen LogP contribution in [0.2, 0.25) is 0 Å². The molecule has 5 heteroatoms. The second-order valence-electron chi connectivity index (χ2n) is 5.04. The fraction of sp³-hybridized carbons (Fsp3) is 0.643. The third kappa shape index (κ3) is 4.01. The van der Waals surface area contributed by atoms with Crippen LogP contribution in [0, 0.1) is 0 Å². The molecule has 1 heterocycles. The third-order valence-corrected chi connectivity index (χ3v) is 4.87. The lowest BCUT2D eigenvalue weighted by Crippen LogP contribution is -2.42. The fourth-order valence-corrected chi connectivity index (χ4v) is 3.74. The molecule has 1 fully saturated rings. The normalized spacial score (nSPS) is 22.9. The minimum Gasteiger partial charge on any atom is -0.467 e. The summed E-state index contributed by atoms with van der Waals surface area (Å²) < 4.78 is 5.19. The van der Waals surface area contributed by atoms with Crippen molar-refractivity contribution in [2.24, 2.45) is 0 Å². The number of thioether (sulfide) groups is 1. The second kappa shape index (κ2) is 7.01. The van der Waals surface area contributed by atoms with Crippen molar-refractivity contribution in [2.45, 2.75) is 37.1 Å². The van der Waals surface area contributed by atoms with E-state index < -0.39 is 0 Å². The molecule has 1 aliphatic rings. The smallest absolute Gasteiger partial charge is 0.234 e. The highest BCUT2D eigenvalue weighted by Crippen LogP contribution is 2.31. The van der Waals surface area contributed by atoms with Gasteiger partial charge in [0.05, 0.1) is 19.4 Å². The van der Waals surface area contributed by atoms with Crippen LogP contribution in [0.3, 0.4) is 0 Å². The van der Waals surface area contributed by atoms with Gasteiger partial charge in [-0.2, -0.15) is 11.8 Å². The quantitative estimate of drug-likeness (QED) is 0.868. The Kier molecular flexibility index (Phi) is 5.34. The zero-order valence-corrected chi connectivity index (χ0v) is 12.4. The van der Waals surface area contributed by atoms with E-state index in [2.05, 4.69) is 16.5 Å². The zero-order chi connectivity index (χ0) is 13.7. The molecule has 106 valence electrons. The van der Waals surface area contributed by atoms with Crippen molar-refractivity contribution in [1.82, 2.24) is 10.2 Å². The number of carbonyl (C=O) groups is 1. The highest BCUT2D eigenvalue weighted by Gasteiger charge is 2.30. The lowest BCUT2D eigenvalue weighted by atomic mass is 10.2. The molecular formula is C14H22N2O2S. The molecule has 2 atom stereocenters. The molecule has 1 N–H and O–H groups in total. The van der Waals surface area contributed by atoms with Crippen molar-refractivity contribution in [1.29, 1.82) is 0 Å². The van der Waals surface area contributed by atoms with Gasteiger partial charge in [0.25, 0.3) is 0 Å². The first-order valence-electron chi connectivity index (χ1n) is 6.73. The van der Waals surface area contributed by atoms with Gasteiger partial charge in [0.2, 0.25) is 5.91 Å². The van der Waals surface area contributed by atoms with E-state index in [1.165, 1.54) is 19.3 Å². The number of hydrogen-bond donors (Lipinski definition) is 1. The molecule has 1 aromatic rings. The van der Waals surface area contributed by atoms with E-state index in [1.54, 1.807) is 6.26 Å². The lowest BCUT2D eigenvalue weighted by Gasteiger charge is -2.28. The van der Waals surface area contributed by atoms with Crippen molar-refractivity contribution in [3.8, 4) is 0 Å². The summed E-state index contributed by atoms with van der Waals surface area (Å²) in [5.41, 5.74) is 0. The molecule has 0 spiro atoms. The van der Waals surface area contributed by atoms with Crippen LogP contribution in [-0.4, -0.2) is 41.9 Å². The molecule has 2 rings (SSSR count). The van der Waals surface area contributed by atoms with Crippen LogP contribution < -0.4 is 5.32 Å². The van der Waals surface area contributed by atoms with Gasteiger partial charge in [0, 0.05) is 11.3 Å². The summed E-state index contributed by atoms with van der Waals surface area (Å²) in [6.07, 6.45) is 7.52. The highest BCUT2D eigenvalue weighted by molar-refractivity contribution is 7.99. The number of rotatable bonds is 6. The summed E-state index contributed by atoms with van der Waals surface area (Å²) in [7, 11) is 2.05. The molecule has 0 unspecified atom stereocenters. The largest absolute Gasteiger partial charge is 0.467 e. The Labute approximate surface area is 118 Å². The number of carbonyl (C=O) groups excluding carboxylic acids is 1. The Bertz CT molecular complexity index is 394. The monoisotopic (exact) mass is 282 g/mol. The molecule has 4 nitrogen and oxygen atoms in total. The van der Waals surface area contributed by atoms with E-state index in [0.29, 0.717) is 24.4 Å². The van der Waals surface area contributed by atoms with Crippen molar-refractivity contribution in [3.05, 3.63) is 24.2 Å². The SMILES string of the molecule is CS[C@H]1CCC[C@H]1N(C)CC(=O)NCc1ccco1. The van der Waals surface area contributed by atoms with E-state index in [0.717, 1.165) is 5.76 Å². The Balaban J connectivity index is 1.75. The van der Waals surface area contributed by atoms with Crippen LogP contribution in [0.5, 0.6) is 0 Å². The standard InChI is InChI=1S/C14H22N2O2S/c1-16(12-6-3-7-13(12)19-2)10-14(17)15-9-11-5-4-8-18-11/h4-5,8,12-13H,3,6-7,9-10H2,1-2H3,(H,15,17)/t12-,13+/m1/s1. The maximum atomic E-state index is 11.9. The van der Waals surface area contributed by atoms with Crippen molar-refractivity contribution in [3.63, 3.8) is 0 Å². The van der Waals surface area contributed by atoms with Crippen LogP contribution in [0.25, 0.3) is 0 Å². The van der Waals surface area contributed by atoms with Crippen molar-refractivity contribution < 1.29 is 9.21 Å². The molecular weight excluding hydrogens is 260 g/mol. The number of likely N-dealkylation sites (N-methyl/N-ethyl adjacent to an activating group) is 1. The second-order valence-corrected chi connectivity index (χ2v) is 6.12. The van der Waals surface area contributed by atoms with Crippen molar-refractivity contribution >= 4 is 17.7 Å². The molecule has 1 saturated carbocycles. The van der Waals surface area contributed by atoms with E-state index in [1.807, 2.05) is 30.9 Å². The zero-order valence-electron chi connectivity index (χ0n) is 11.6. The predicted molar refractivity (Wildman–Crippen MR) is 78.1 cm³/mol. The van der Waals surface area contributed by atoms with E-state index in [-0.39, 0.29) is 5.91 Å². The third-order valence-electron chi connectivity index (χ3n) is 3.72. The van der Waals surface area contributed by atoms with Gasteiger partial charge in [0.15, 0.2) is 0 Å². The Hall–Kier alpha value is -0.940. The summed E-state index contributed by atoms with van der Waals surface area (Å²) in [6, 6.07) is 4.23. The summed E-state index contributed by atoms with van der Waals surface area (Å²) in [5, 5.41) is 3.56. The summed E-state index contributed by atoms with van der Waals surface area (Å²) in [5.74, 6) is 0.851. The first-order valence-corrected chi connectivity index (χ1v) is 8.01. The number of amides is 1. The summed E-state index contributed by atoms with van der Waals surface area (Å²) in [6.45, 7) is 0.929. The van der Waals surface area contributed by atoms with Gasteiger partial charge in [-0.3, -0.25) is 9.69 Å². The molecule has 1 aliphatic carbocycles. The first-order chi connectivity index (χ1) is 9.20. The minimum atomic E-state index is 0.0608. The molecule has 1 aromatic heterocycles. The van der Waals surface area contributed by atoms with Crippen LogP contribution in [0.4, 0.5) is 0 Å². The van der Waals surface area contributed by atoms with Crippen LogP contribution in [-0.2, 0) is 11.3 Å². The van der Waals surface area contributed by atoms with Gasteiger partial charge in [-0.05, 0) is 38.3 Å². The van der Waals surface area contributed by atoms with E-state index in [9.17, 15) is 4.79 Å².